The molecule has 1 fully saturated rings. The van der Waals surface area contributed by atoms with Crippen molar-refractivity contribution in [3.05, 3.63) is 42.3 Å². The summed E-state index contributed by atoms with van der Waals surface area (Å²) in [6.45, 7) is 4.02. The number of hydrogen-bond donors (Lipinski definition) is 0. The number of hydrogen-bond acceptors (Lipinski definition) is 5. The van der Waals surface area contributed by atoms with Gasteiger partial charge in [0.05, 0.1) is 12.6 Å². The fourth-order valence-electron chi connectivity index (χ4n) is 3.50. The van der Waals surface area contributed by atoms with E-state index in [1.54, 1.807) is 0 Å². The molecule has 3 aromatic rings. The number of nitrogens with zero attached hydrogens (tertiary/aromatic N) is 3. The minimum Gasteiger partial charge on any atom is -0.494 e. The molecule has 1 aliphatic heterocycles. The molecule has 26 heavy (non-hydrogen) atoms. The molecule has 2 aromatic carbocycles. The van der Waals surface area contributed by atoms with Crippen LogP contribution in [0.2, 0.25) is 0 Å². The maximum absolute atomic E-state index is 5.80. The van der Waals surface area contributed by atoms with Crippen molar-refractivity contribution in [3.8, 4) is 17.1 Å². The Morgan fingerprint density at radius 3 is 2.85 bits per heavy atom. The van der Waals surface area contributed by atoms with E-state index in [1.807, 2.05) is 12.1 Å². The lowest BCUT2D eigenvalue weighted by atomic mass is 10.1. The van der Waals surface area contributed by atoms with Gasteiger partial charge in [-0.25, -0.2) is 0 Å². The van der Waals surface area contributed by atoms with Gasteiger partial charge in [-0.2, -0.15) is 4.98 Å². The van der Waals surface area contributed by atoms with Crippen LogP contribution >= 0.6 is 0 Å². The van der Waals surface area contributed by atoms with E-state index in [2.05, 4.69) is 53.3 Å². The van der Waals surface area contributed by atoms with Crippen LogP contribution in [0.15, 0.2) is 40.9 Å². The van der Waals surface area contributed by atoms with Gasteiger partial charge in [-0.1, -0.05) is 36.7 Å². The lowest BCUT2D eigenvalue weighted by molar-refractivity contribution is 0.245. The Hall–Kier alpha value is -2.40. The van der Waals surface area contributed by atoms with Gasteiger partial charge in [-0.15, -0.1) is 0 Å². The van der Waals surface area contributed by atoms with Crippen LogP contribution in [0, 0.1) is 0 Å². The van der Waals surface area contributed by atoms with Crippen LogP contribution in [0.1, 0.15) is 44.5 Å². The fraction of sp³-hybridized carbons (Fsp3) is 0.429. The van der Waals surface area contributed by atoms with E-state index in [0.717, 1.165) is 60.4 Å². The molecule has 2 heterocycles. The molecule has 0 radical (unpaired) electrons. The van der Waals surface area contributed by atoms with E-state index < -0.39 is 0 Å². The van der Waals surface area contributed by atoms with Gasteiger partial charge in [-0.3, -0.25) is 4.90 Å². The van der Waals surface area contributed by atoms with Crippen molar-refractivity contribution in [2.75, 3.05) is 20.2 Å². The number of ether oxygens (including phenoxy) is 1. The van der Waals surface area contributed by atoms with Gasteiger partial charge >= 0.3 is 0 Å². The van der Waals surface area contributed by atoms with Gasteiger partial charge in [0.2, 0.25) is 11.7 Å². The van der Waals surface area contributed by atoms with Crippen LogP contribution < -0.4 is 4.74 Å². The summed E-state index contributed by atoms with van der Waals surface area (Å²) in [6.07, 6.45) is 4.47. The lowest BCUT2D eigenvalue weighted by Gasteiger charge is -2.14. The number of aromatic nitrogens is 2. The summed E-state index contributed by atoms with van der Waals surface area (Å²) >= 11 is 0. The number of likely N-dealkylation sites (tertiary alicyclic amines) is 1. The Morgan fingerprint density at radius 1 is 1.19 bits per heavy atom. The molecule has 0 amide bonds. The SMILES string of the molecule is CCCCOc1ccc2cc(-c3noc(C4CCCN4C)n3)ccc2c1. The number of unbranched alkanes of at least 4 members (excludes halogenated alkanes) is 1. The molecule has 136 valence electrons. The summed E-state index contributed by atoms with van der Waals surface area (Å²) in [7, 11) is 2.11. The van der Waals surface area contributed by atoms with Crippen molar-refractivity contribution in [2.24, 2.45) is 0 Å². The third kappa shape index (κ3) is 3.44. The molecular formula is C21H25N3O2. The van der Waals surface area contributed by atoms with E-state index in [1.165, 1.54) is 6.42 Å². The van der Waals surface area contributed by atoms with E-state index in [0.29, 0.717) is 5.82 Å². The molecular weight excluding hydrogens is 326 g/mol. The zero-order valence-corrected chi connectivity index (χ0v) is 15.4. The summed E-state index contributed by atoms with van der Waals surface area (Å²) in [5.41, 5.74) is 0.979. The Labute approximate surface area is 154 Å². The lowest BCUT2D eigenvalue weighted by Crippen LogP contribution is -2.17. The predicted molar refractivity (Wildman–Crippen MR) is 102 cm³/mol. The molecule has 0 aliphatic carbocycles. The highest BCUT2D eigenvalue weighted by molar-refractivity contribution is 5.87. The topological polar surface area (TPSA) is 51.4 Å². The van der Waals surface area contributed by atoms with Crippen LogP contribution in [-0.4, -0.2) is 35.2 Å². The first-order valence-corrected chi connectivity index (χ1v) is 9.45. The molecule has 0 spiro atoms. The Bertz CT molecular complexity index is 890. The maximum atomic E-state index is 5.80. The van der Waals surface area contributed by atoms with E-state index in [-0.39, 0.29) is 6.04 Å². The van der Waals surface area contributed by atoms with Crippen molar-refractivity contribution in [2.45, 2.75) is 38.6 Å². The first-order chi connectivity index (χ1) is 12.7. The molecule has 1 unspecified atom stereocenters. The summed E-state index contributed by atoms with van der Waals surface area (Å²) in [5.74, 6) is 2.30. The second kappa shape index (κ2) is 7.46. The van der Waals surface area contributed by atoms with Gasteiger partial charge in [0.25, 0.3) is 0 Å². The fourth-order valence-corrected chi connectivity index (χ4v) is 3.50. The van der Waals surface area contributed by atoms with Crippen LogP contribution in [0.25, 0.3) is 22.2 Å². The normalized spacial score (nSPS) is 17.8. The summed E-state index contributed by atoms with van der Waals surface area (Å²) < 4.78 is 11.3. The Morgan fingerprint density at radius 2 is 2.04 bits per heavy atom. The van der Waals surface area contributed by atoms with Crippen molar-refractivity contribution in [3.63, 3.8) is 0 Å². The largest absolute Gasteiger partial charge is 0.494 e. The summed E-state index contributed by atoms with van der Waals surface area (Å²) in [4.78, 5) is 6.92. The first kappa shape index (κ1) is 17.0. The van der Waals surface area contributed by atoms with Crippen molar-refractivity contribution in [1.82, 2.24) is 15.0 Å². The highest BCUT2D eigenvalue weighted by Gasteiger charge is 2.27. The molecule has 1 saturated heterocycles. The van der Waals surface area contributed by atoms with Crippen molar-refractivity contribution in [1.29, 1.82) is 0 Å². The highest BCUT2D eigenvalue weighted by atomic mass is 16.5. The van der Waals surface area contributed by atoms with Gasteiger partial charge in [0.1, 0.15) is 5.75 Å². The second-order valence-corrected chi connectivity index (χ2v) is 7.02. The zero-order valence-electron chi connectivity index (χ0n) is 15.4. The molecule has 5 heteroatoms. The first-order valence-electron chi connectivity index (χ1n) is 9.45. The molecule has 0 saturated carbocycles. The Balaban J connectivity index is 1.55. The average molecular weight is 351 g/mol. The van der Waals surface area contributed by atoms with Crippen LogP contribution in [0.4, 0.5) is 0 Å². The minimum atomic E-state index is 0.250. The summed E-state index contributed by atoms with van der Waals surface area (Å²) in [6, 6.07) is 12.7. The minimum absolute atomic E-state index is 0.250. The Kier molecular flexibility index (Phi) is 4.89. The van der Waals surface area contributed by atoms with E-state index >= 15 is 0 Å². The van der Waals surface area contributed by atoms with Gasteiger partial charge in [0, 0.05) is 5.56 Å². The third-order valence-electron chi connectivity index (χ3n) is 5.08. The molecule has 0 bridgehead atoms. The third-order valence-corrected chi connectivity index (χ3v) is 5.08. The molecule has 4 rings (SSSR count). The quantitative estimate of drug-likeness (QED) is 0.595. The van der Waals surface area contributed by atoms with Crippen LogP contribution in [-0.2, 0) is 0 Å². The monoisotopic (exact) mass is 351 g/mol. The molecule has 5 nitrogen and oxygen atoms in total. The van der Waals surface area contributed by atoms with Gasteiger partial charge in [-0.05, 0) is 61.8 Å². The maximum Gasteiger partial charge on any atom is 0.244 e. The standard InChI is InChI=1S/C21H25N3O2/c1-3-4-12-25-18-10-9-15-13-17(8-7-16(15)14-18)20-22-21(26-23-20)19-6-5-11-24(19)2/h7-10,13-14,19H,3-6,11-12H2,1-2H3. The summed E-state index contributed by atoms with van der Waals surface area (Å²) in [5, 5.41) is 6.50. The number of benzene rings is 2. The van der Waals surface area contributed by atoms with Gasteiger partial charge < -0.3 is 9.26 Å². The molecule has 1 aliphatic rings. The smallest absolute Gasteiger partial charge is 0.244 e. The van der Waals surface area contributed by atoms with Crippen molar-refractivity contribution < 1.29 is 9.26 Å². The zero-order chi connectivity index (χ0) is 17.9. The number of rotatable bonds is 6. The second-order valence-electron chi connectivity index (χ2n) is 7.02. The van der Waals surface area contributed by atoms with Crippen LogP contribution in [0.5, 0.6) is 5.75 Å². The average Bonchev–Trinajstić information content (AvgIpc) is 3.30. The van der Waals surface area contributed by atoms with Crippen molar-refractivity contribution >= 4 is 10.8 Å². The van der Waals surface area contributed by atoms with E-state index in [4.69, 9.17) is 9.26 Å². The predicted octanol–water partition coefficient (Wildman–Crippen LogP) is 4.84. The van der Waals surface area contributed by atoms with Gasteiger partial charge in [0.15, 0.2) is 0 Å². The molecule has 1 aromatic heterocycles. The highest BCUT2D eigenvalue weighted by Crippen LogP contribution is 2.31. The van der Waals surface area contributed by atoms with Crippen LogP contribution in [0.3, 0.4) is 0 Å². The molecule has 1 atom stereocenters. The van der Waals surface area contributed by atoms with E-state index in [9.17, 15) is 0 Å². The number of fused-ring (bicyclic) bond motifs is 1. The molecule has 0 N–H and O–H groups in total.